The van der Waals surface area contributed by atoms with Crippen LogP contribution in [0, 0.1) is 27.7 Å². The van der Waals surface area contributed by atoms with Gasteiger partial charge in [-0.25, -0.2) is 0 Å². The molecule has 0 aliphatic carbocycles. The molecule has 5 nitrogen and oxygen atoms in total. The Bertz CT molecular complexity index is 8350. The molecule has 610 valence electrons. The quantitative estimate of drug-likeness (QED) is 0.0799. The van der Waals surface area contributed by atoms with Crippen LogP contribution >= 0.6 is 22.7 Å². The highest BCUT2D eigenvalue weighted by Gasteiger charge is 2.51. The molecule has 2 aliphatic rings. The molecule has 0 N–H and O–H groups in total. The molecule has 1 atom stereocenters. The molecule has 25 rings (SSSR count). The Morgan fingerprint density at radius 3 is 1.17 bits per heavy atom. The van der Waals surface area contributed by atoms with Gasteiger partial charge in [-0.1, -0.05) is 261 Å². The molecule has 3 aromatic heterocycles. The standard InChI is InChI=1S/C120H84N4OS2Si2/c1-77-27-23-31-86(65-77)121(87-32-24-28-78(2)66-87)84-53-58-94(59-54-84)128(92-35-7-5-8-36-92)116-48-20-14-42-106(116)123(107-43-15-21-49-117(107)128)90-57-62-96-83(69-90)72-101-100(81-51-63-114-103(70-81)98-40-12-18-46-112(98)126-114)73-91(74-105(101)120(96)82-52-64-115-104(71-82)99-41-13-19-47-113(99)127-115)124-108-44-16-22-50-118(108)129(93-37-9-6-10-38-93,119-75-102-97-39-11-17-45-110(97)125-111(102)76-109(119)124)95-60-55-85(56-61-95)122(88-33-25-29-79(3)67-88)89-34-26-30-80(4)68-89/h5-76H,1-4H3. The molecule has 0 spiro atoms. The first-order valence-corrected chi connectivity index (χ1v) is 50.1. The molecular weight excluding hydrogens is 1630 g/mol. The lowest BCUT2D eigenvalue weighted by Crippen LogP contribution is -2.77. The van der Waals surface area contributed by atoms with Gasteiger partial charge in [0.05, 0.1) is 5.69 Å². The summed E-state index contributed by atoms with van der Waals surface area (Å²) in [5.41, 5.74) is 24.5. The van der Waals surface area contributed by atoms with E-state index in [0.29, 0.717) is 0 Å². The number of fused-ring (bicyclic) bond motifs is 15. The Kier molecular flexibility index (Phi) is 17.9. The fourth-order valence-electron chi connectivity index (χ4n) is 21.7. The maximum absolute atomic E-state index is 7.20. The Morgan fingerprint density at radius 1 is 0.233 bits per heavy atom. The number of hydrogen-bond acceptors (Lipinski definition) is 7. The fraction of sp³-hybridized carbons (Fsp3) is 0.0333. The summed E-state index contributed by atoms with van der Waals surface area (Å²) in [6, 6.07) is 167. The molecular formula is C120H84N4OS2Si2. The lowest BCUT2D eigenvalue weighted by atomic mass is 9.87. The van der Waals surface area contributed by atoms with E-state index in [2.05, 4.69) is 484 Å². The normalized spacial score (nSPS) is 14.0. The number of nitrogens with zero attached hydrogens (tertiary/aromatic N) is 4. The minimum Gasteiger partial charge on any atom is -0.456 e. The topological polar surface area (TPSA) is 26.1 Å². The summed E-state index contributed by atoms with van der Waals surface area (Å²) in [4.78, 5) is 10.0. The number of aryl methyl sites for hydroxylation is 4. The molecule has 1 unspecified atom stereocenters. The van der Waals surface area contributed by atoms with Gasteiger partial charge in [-0.3, -0.25) is 0 Å². The van der Waals surface area contributed by atoms with Gasteiger partial charge in [0.1, 0.15) is 11.2 Å². The van der Waals surface area contributed by atoms with Crippen LogP contribution in [-0.4, -0.2) is 16.1 Å². The van der Waals surface area contributed by atoms with Crippen LogP contribution in [0.15, 0.2) is 441 Å². The lowest BCUT2D eigenvalue weighted by Gasteiger charge is -2.45. The maximum atomic E-state index is 7.20. The van der Waals surface area contributed by atoms with Gasteiger partial charge in [0.2, 0.25) is 0 Å². The Balaban J connectivity index is 0.736. The van der Waals surface area contributed by atoms with Crippen LogP contribution in [0.4, 0.5) is 68.2 Å². The number of hydrogen-bond donors (Lipinski definition) is 0. The monoisotopic (exact) mass is 1720 g/mol. The number of rotatable bonds is 14. The largest absolute Gasteiger partial charge is 0.456 e. The van der Waals surface area contributed by atoms with Crippen molar-refractivity contribution in [3.8, 4) is 22.3 Å². The second kappa shape index (κ2) is 30.3. The van der Waals surface area contributed by atoms with E-state index < -0.39 is 16.1 Å². The summed E-state index contributed by atoms with van der Waals surface area (Å²) >= 11 is 3.74. The molecule has 0 bridgehead atoms. The predicted octanol–water partition coefficient (Wildman–Crippen LogP) is 28.5. The van der Waals surface area contributed by atoms with Crippen LogP contribution in [0.3, 0.4) is 0 Å². The molecule has 0 fully saturated rings. The highest BCUT2D eigenvalue weighted by molar-refractivity contribution is 7.26. The summed E-state index contributed by atoms with van der Waals surface area (Å²) in [7, 11) is -6.59. The van der Waals surface area contributed by atoms with Gasteiger partial charge in [0.25, 0.3) is 0 Å². The average Bonchev–Trinajstić information content (AvgIpc) is 1.08. The Hall–Kier alpha value is -15.2. The Morgan fingerprint density at radius 2 is 0.659 bits per heavy atom. The van der Waals surface area contributed by atoms with Crippen LogP contribution in [0.2, 0.25) is 0 Å². The van der Waals surface area contributed by atoms with Gasteiger partial charge in [-0.05, 0) is 305 Å². The van der Waals surface area contributed by atoms with E-state index in [-0.39, 0.29) is 0 Å². The van der Waals surface area contributed by atoms with E-state index in [1.807, 2.05) is 22.7 Å². The lowest BCUT2D eigenvalue weighted by molar-refractivity contribution is 0.669. The van der Waals surface area contributed by atoms with Crippen molar-refractivity contribution in [1.29, 1.82) is 0 Å². The first-order chi connectivity index (χ1) is 63.5. The van der Waals surface area contributed by atoms with Crippen molar-refractivity contribution >= 4 is 232 Å². The molecule has 9 heteroatoms. The number of benzene rings is 20. The predicted molar refractivity (Wildman–Crippen MR) is 557 cm³/mol. The minimum atomic E-state index is -3.43. The van der Waals surface area contributed by atoms with E-state index >= 15 is 0 Å². The van der Waals surface area contributed by atoms with Crippen LogP contribution < -0.4 is 61.1 Å². The van der Waals surface area contributed by atoms with Crippen molar-refractivity contribution in [3.63, 3.8) is 0 Å². The van der Waals surface area contributed by atoms with Crippen molar-refractivity contribution in [2.45, 2.75) is 27.7 Å². The van der Waals surface area contributed by atoms with Gasteiger partial charge in [0.15, 0.2) is 16.1 Å². The van der Waals surface area contributed by atoms with Gasteiger partial charge >= 0.3 is 0 Å². The SMILES string of the molecule is Cc1cccc(N(c2ccc([Si]3(c4ccccc4)c4ccccc4N(c4ccc5c(-c6ccc7sc8ccccc8c7c6)c6cc(N7c8ccccc8[Si](c8ccccc8)(c8ccc(N(c9cccc(C)c9)c9cccc(C)c9)cc8)c8cc9c(cc87)oc7ccccc79)cc(-c7ccc8sc9ccccc9c8c7)c6cc5c4)c4ccccc43)cc2)c2cccc(C)c2)c1. The van der Waals surface area contributed by atoms with E-state index in [4.69, 9.17) is 4.42 Å². The molecule has 0 radical (unpaired) electrons. The summed E-state index contributed by atoms with van der Waals surface area (Å²) in [5.74, 6) is 0. The van der Waals surface area contributed by atoms with Crippen molar-refractivity contribution in [2.24, 2.45) is 0 Å². The summed E-state index contributed by atoms with van der Waals surface area (Å²) in [6.07, 6.45) is 0. The number of para-hydroxylation sites is 4. The minimum absolute atomic E-state index is 0.841. The molecule has 2 aliphatic heterocycles. The third-order valence-corrected chi connectivity index (χ3v) is 39.3. The maximum Gasteiger partial charge on any atom is 0.184 e. The summed E-state index contributed by atoms with van der Waals surface area (Å²) < 4.78 is 12.3. The molecule has 20 aromatic carbocycles. The smallest absolute Gasteiger partial charge is 0.184 e. The fourth-order valence-corrected chi connectivity index (χ4v) is 34.1. The number of thiophene rings is 2. The average molecular weight is 1720 g/mol. The third kappa shape index (κ3) is 12.1. The molecule has 129 heavy (non-hydrogen) atoms. The highest BCUT2D eigenvalue weighted by atomic mass is 32.1. The number of furan rings is 1. The van der Waals surface area contributed by atoms with Crippen LogP contribution in [0.5, 0.6) is 0 Å². The molecule has 0 amide bonds. The van der Waals surface area contributed by atoms with Crippen molar-refractivity contribution in [2.75, 3.05) is 19.6 Å². The van der Waals surface area contributed by atoms with Crippen LogP contribution in [0.25, 0.3) is 106 Å². The molecule has 5 heterocycles. The second-order valence-corrected chi connectivity index (χ2v) is 44.5. The van der Waals surface area contributed by atoms with Crippen LogP contribution in [-0.2, 0) is 0 Å². The zero-order valence-electron chi connectivity index (χ0n) is 71.6. The van der Waals surface area contributed by atoms with Crippen molar-refractivity contribution in [3.05, 3.63) is 459 Å². The van der Waals surface area contributed by atoms with Gasteiger partial charge in [-0.2, -0.15) is 0 Å². The molecule has 0 saturated carbocycles. The number of anilines is 12. The first kappa shape index (κ1) is 76.2. The third-order valence-electron chi connectivity index (χ3n) is 27.3. The van der Waals surface area contributed by atoms with E-state index in [0.717, 1.165) is 117 Å². The zero-order chi connectivity index (χ0) is 85.7. The highest BCUT2D eigenvalue weighted by Crippen LogP contribution is 2.52. The van der Waals surface area contributed by atoms with E-state index in [9.17, 15) is 0 Å². The summed E-state index contributed by atoms with van der Waals surface area (Å²) in [5, 5.41) is 22.3. The second-order valence-electron chi connectivity index (χ2n) is 34.9. The van der Waals surface area contributed by atoms with E-state index in [1.165, 1.54) is 121 Å². The molecule has 0 saturated heterocycles. The Labute approximate surface area is 759 Å². The molecule has 23 aromatic rings. The van der Waals surface area contributed by atoms with E-state index in [1.54, 1.807) is 0 Å². The first-order valence-electron chi connectivity index (χ1n) is 44.5. The van der Waals surface area contributed by atoms with Gasteiger partial charge in [-0.15, -0.1) is 22.7 Å². The van der Waals surface area contributed by atoms with Crippen LogP contribution in [0.1, 0.15) is 22.3 Å². The van der Waals surface area contributed by atoms with Gasteiger partial charge < -0.3 is 24.0 Å². The zero-order valence-corrected chi connectivity index (χ0v) is 75.2. The van der Waals surface area contributed by atoms with Crippen molar-refractivity contribution in [1.82, 2.24) is 0 Å². The summed E-state index contributed by atoms with van der Waals surface area (Å²) in [6.45, 7) is 8.73. The van der Waals surface area contributed by atoms with Crippen molar-refractivity contribution < 1.29 is 4.42 Å². The van der Waals surface area contributed by atoms with Gasteiger partial charge in [0, 0.05) is 120 Å².